The van der Waals surface area contributed by atoms with E-state index in [1.807, 2.05) is 31.1 Å². The van der Waals surface area contributed by atoms with Crippen LogP contribution in [0.3, 0.4) is 0 Å². The van der Waals surface area contributed by atoms with Crippen molar-refractivity contribution in [1.82, 2.24) is 14.7 Å². The zero-order valence-electron chi connectivity index (χ0n) is 27.4. The molecule has 1 N–H and O–H groups in total. The summed E-state index contributed by atoms with van der Waals surface area (Å²) in [6, 6.07) is 13.6. The first-order valence-electron chi connectivity index (χ1n) is 14.8. The van der Waals surface area contributed by atoms with Crippen molar-refractivity contribution in [3.05, 3.63) is 75.8 Å². The maximum Gasteiger partial charge on any atom is 0.274 e. The predicted octanol–water partition coefficient (Wildman–Crippen LogP) is 3.04. The number of likely N-dealkylation sites (tertiary alicyclic amines) is 1. The van der Waals surface area contributed by atoms with E-state index >= 15 is 4.79 Å². The second-order valence-corrected chi connectivity index (χ2v) is 14.7. The molecule has 3 aromatic rings. The van der Waals surface area contributed by atoms with Crippen molar-refractivity contribution < 1.29 is 37.3 Å². The van der Waals surface area contributed by atoms with E-state index in [-0.39, 0.29) is 35.2 Å². The molecular weight excluding hydrogens is 692 g/mol. The summed E-state index contributed by atoms with van der Waals surface area (Å²) >= 11 is 3.54. The van der Waals surface area contributed by atoms with Gasteiger partial charge in [0.25, 0.3) is 15.9 Å². The second-order valence-electron chi connectivity index (χ2n) is 12.0. The number of likely N-dealkylation sites (N-methyl/N-ethyl adjacent to an activating group) is 1. The van der Waals surface area contributed by atoms with Crippen LogP contribution in [-0.4, -0.2) is 108 Å². The number of β-amino-alcohol motifs (C(OH)–C–C–N with tert-alkyl or cyclic N) is 1. The van der Waals surface area contributed by atoms with Crippen molar-refractivity contribution in [2.45, 2.75) is 35.5 Å². The number of ether oxygens (including phenoxy) is 3. The van der Waals surface area contributed by atoms with Gasteiger partial charge in [-0.15, -0.1) is 0 Å². The molecule has 1 fully saturated rings. The van der Waals surface area contributed by atoms with Crippen molar-refractivity contribution in [2.24, 2.45) is 0 Å². The molecule has 1 unspecified atom stereocenters. The van der Waals surface area contributed by atoms with E-state index in [9.17, 15) is 18.3 Å². The fraction of sp³-hybridized carbons (Fsp3) is 0.394. The average Bonchev–Trinajstić information content (AvgIpc) is 3.54. The quantitative estimate of drug-likeness (QED) is 0.333. The molecule has 0 saturated carbocycles. The summed E-state index contributed by atoms with van der Waals surface area (Å²) < 4.78 is 47.5. The maximum atomic E-state index is 15.5. The topological polar surface area (TPSA) is 129 Å². The lowest BCUT2D eigenvalue weighted by Crippen LogP contribution is -2.59. The first kappa shape index (κ1) is 34.6. The van der Waals surface area contributed by atoms with Crippen LogP contribution in [0.5, 0.6) is 17.2 Å². The molecule has 252 valence electrons. The van der Waals surface area contributed by atoms with Crippen molar-refractivity contribution in [3.8, 4) is 17.2 Å². The van der Waals surface area contributed by atoms with E-state index in [0.717, 1.165) is 9.87 Å². The van der Waals surface area contributed by atoms with Crippen molar-refractivity contribution >= 4 is 43.5 Å². The number of methoxy groups -OCH3 is 3. The molecule has 2 heterocycles. The highest BCUT2D eigenvalue weighted by molar-refractivity contribution is 9.10. The zero-order chi connectivity index (χ0) is 34.4. The summed E-state index contributed by atoms with van der Waals surface area (Å²) in [4.78, 5) is 34.0. The highest BCUT2D eigenvalue weighted by Crippen LogP contribution is 2.55. The van der Waals surface area contributed by atoms with E-state index in [1.54, 1.807) is 43.3 Å². The Morgan fingerprint density at radius 3 is 2.28 bits per heavy atom. The molecule has 3 atom stereocenters. The number of aliphatic hydroxyl groups excluding tert-OH is 1. The largest absolute Gasteiger partial charge is 0.497 e. The van der Waals surface area contributed by atoms with Crippen LogP contribution < -0.4 is 18.5 Å². The first-order chi connectivity index (χ1) is 22.2. The van der Waals surface area contributed by atoms with Gasteiger partial charge in [0.2, 0.25) is 5.91 Å². The molecular formula is C33H39BrN4O8S. The third kappa shape index (κ3) is 5.75. The van der Waals surface area contributed by atoms with Gasteiger partial charge in [-0.1, -0.05) is 22.0 Å². The zero-order valence-corrected chi connectivity index (χ0v) is 29.8. The molecule has 1 saturated heterocycles. The molecule has 0 spiro atoms. The van der Waals surface area contributed by atoms with Gasteiger partial charge in [-0.05, 0) is 68.5 Å². The minimum atomic E-state index is -4.65. The minimum Gasteiger partial charge on any atom is -0.497 e. The van der Waals surface area contributed by atoms with Gasteiger partial charge in [-0.25, -0.2) is 12.7 Å². The fourth-order valence-corrected chi connectivity index (χ4v) is 8.55. The molecule has 5 rings (SSSR count). The Kier molecular flexibility index (Phi) is 9.64. The number of sulfonamides is 1. The Morgan fingerprint density at radius 1 is 0.957 bits per heavy atom. The molecule has 2 amide bonds. The second kappa shape index (κ2) is 13.1. The number of rotatable bonds is 10. The van der Waals surface area contributed by atoms with Gasteiger partial charge < -0.3 is 29.1 Å². The maximum absolute atomic E-state index is 15.5. The molecule has 0 radical (unpaired) electrons. The lowest BCUT2D eigenvalue weighted by Gasteiger charge is -2.42. The molecule has 14 heteroatoms. The number of hydrogen-bond donors (Lipinski definition) is 1. The van der Waals surface area contributed by atoms with Crippen molar-refractivity contribution in [3.63, 3.8) is 0 Å². The smallest absolute Gasteiger partial charge is 0.274 e. The van der Waals surface area contributed by atoms with Crippen LogP contribution in [0, 0.1) is 0 Å². The molecule has 0 bridgehead atoms. The number of fused-ring (bicyclic) bond motifs is 1. The summed E-state index contributed by atoms with van der Waals surface area (Å²) in [5, 5.41) is 11.1. The first-order valence-corrected chi connectivity index (χ1v) is 17.1. The molecule has 3 aromatic carbocycles. The molecule has 0 aliphatic carbocycles. The number of nitrogens with zero attached hydrogens (tertiary/aromatic N) is 4. The van der Waals surface area contributed by atoms with Crippen LogP contribution in [-0.2, 0) is 31.7 Å². The van der Waals surface area contributed by atoms with Crippen LogP contribution >= 0.6 is 15.9 Å². The lowest BCUT2D eigenvalue weighted by atomic mass is 9.80. The van der Waals surface area contributed by atoms with Gasteiger partial charge in [0.15, 0.2) is 5.54 Å². The normalized spacial score (nSPS) is 21.2. The van der Waals surface area contributed by atoms with Gasteiger partial charge in [0.05, 0.1) is 39.2 Å². The highest BCUT2D eigenvalue weighted by Gasteiger charge is 2.64. The number of anilines is 1. The van der Waals surface area contributed by atoms with Gasteiger partial charge in [-0.2, -0.15) is 0 Å². The fourth-order valence-electron chi connectivity index (χ4n) is 6.58. The molecule has 2 aliphatic rings. The predicted molar refractivity (Wildman–Crippen MR) is 179 cm³/mol. The Morgan fingerprint density at radius 2 is 1.66 bits per heavy atom. The average molecular weight is 732 g/mol. The van der Waals surface area contributed by atoms with Crippen LogP contribution in [0.1, 0.15) is 23.1 Å². The van der Waals surface area contributed by atoms with Gasteiger partial charge in [0, 0.05) is 48.9 Å². The van der Waals surface area contributed by atoms with Gasteiger partial charge in [-0.3, -0.25) is 14.5 Å². The lowest BCUT2D eigenvalue weighted by molar-refractivity contribution is -0.138. The standard InChI is InChI=1S/C33H39BrN4O8S/c1-35(2)18-20-8-12-28(45-6)25(14-20)33(37-19-22(39)16-27(37)31(40)36(3)4)24-15-21(34)9-11-26(24)38(32(33)41)47(42,43)30-13-10-23(44-5)17-29(30)46-7/h8-15,17,22,27,39H,16,18-19H2,1-7H3/t22-,27+,33?/m1/s1. The van der Waals surface area contributed by atoms with Crippen LogP contribution in [0.2, 0.25) is 0 Å². The Labute approximate surface area is 283 Å². The number of benzene rings is 3. The summed E-state index contributed by atoms with van der Waals surface area (Å²) in [5.74, 6) is -0.534. The third-order valence-corrected chi connectivity index (χ3v) is 10.8. The van der Waals surface area contributed by atoms with E-state index < -0.39 is 33.6 Å². The van der Waals surface area contributed by atoms with E-state index in [2.05, 4.69) is 15.9 Å². The molecule has 0 aromatic heterocycles. The number of carbonyl (C=O) groups excluding carboxylic acids is 2. The van der Waals surface area contributed by atoms with E-state index in [1.165, 1.54) is 44.4 Å². The molecule has 2 aliphatic heterocycles. The van der Waals surface area contributed by atoms with Crippen molar-refractivity contribution in [1.29, 1.82) is 0 Å². The van der Waals surface area contributed by atoms with E-state index in [0.29, 0.717) is 33.6 Å². The summed E-state index contributed by atoms with van der Waals surface area (Å²) in [5.41, 5.74) is -0.364. The number of hydrogen-bond acceptors (Lipinski definition) is 10. The van der Waals surface area contributed by atoms with Crippen molar-refractivity contribution in [2.75, 3.05) is 60.4 Å². The summed E-state index contributed by atoms with van der Waals surface area (Å²) in [7, 11) is 6.62. The van der Waals surface area contributed by atoms with E-state index in [4.69, 9.17) is 14.2 Å². The SMILES string of the molecule is COc1ccc(S(=O)(=O)N2C(=O)C(c3cc(CN(C)C)ccc3OC)(N3C[C@H](O)C[C@H]3C(=O)N(C)C)c3cc(Br)ccc32)c(OC)c1. The number of halogens is 1. The van der Waals surface area contributed by atoms with Crippen LogP contribution in [0.15, 0.2) is 64.0 Å². The summed E-state index contributed by atoms with van der Waals surface area (Å²) in [6.45, 7) is 0.406. The van der Waals surface area contributed by atoms with Gasteiger partial charge >= 0.3 is 0 Å². The van der Waals surface area contributed by atoms with Gasteiger partial charge in [0.1, 0.15) is 22.1 Å². The number of carbonyl (C=O) groups is 2. The molecule has 47 heavy (non-hydrogen) atoms. The number of amides is 2. The number of aliphatic hydroxyl groups is 1. The Bertz CT molecular complexity index is 1820. The Hall–Kier alpha value is -3.69. The Balaban J connectivity index is 1.89. The van der Waals surface area contributed by atoms with Crippen LogP contribution in [0.25, 0.3) is 0 Å². The monoisotopic (exact) mass is 730 g/mol. The highest BCUT2D eigenvalue weighted by atomic mass is 79.9. The third-order valence-electron chi connectivity index (χ3n) is 8.54. The summed E-state index contributed by atoms with van der Waals surface area (Å²) in [6.07, 6.45) is -0.943. The van der Waals surface area contributed by atoms with Crippen LogP contribution in [0.4, 0.5) is 5.69 Å². The minimum absolute atomic E-state index is 0.0175. The molecule has 12 nitrogen and oxygen atoms in total.